The minimum absolute atomic E-state index is 0.0246. The molecule has 45 heavy (non-hydrogen) atoms. The van der Waals surface area contributed by atoms with Crippen molar-refractivity contribution >= 4 is 11.9 Å². The molecule has 5 aliphatic rings. The van der Waals surface area contributed by atoms with E-state index < -0.39 is 29.1 Å². The third kappa shape index (κ3) is 5.77. The molecule has 0 aromatic carbocycles. The second-order valence-corrected chi connectivity index (χ2v) is 16.5. The highest BCUT2D eigenvalue weighted by Crippen LogP contribution is 2.68. The maximum Gasteiger partial charge on any atom is 0.333 e. The Morgan fingerprint density at radius 3 is 2.42 bits per heavy atom. The van der Waals surface area contributed by atoms with Crippen molar-refractivity contribution in [3.05, 3.63) is 36.0 Å². The molecule has 11 atom stereocenters. The van der Waals surface area contributed by atoms with Crippen LogP contribution in [-0.2, 0) is 19.1 Å². The Bertz CT molecular complexity index is 1220. The third-order valence-electron chi connectivity index (χ3n) is 13.8. The Morgan fingerprint density at radius 2 is 1.73 bits per heavy atom. The monoisotopic (exact) mass is 626 g/mol. The summed E-state index contributed by atoms with van der Waals surface area (Å²) in [7, 11) is 0. The van der Waals surface area contributed by atoms with Gasteiger partial charge in [-0.15, -0.1) is 6.58 Å². The SMILES string of the molecule is C=CCCC(=O)OC[C@]12C[C@H](O)C(C)(C)CC1C1=CCC3C(CCC4[C@]3(C)CC[C@H](O)[C@]4(C)COC(=O)/C(C)=C/C)C1C[C@H]2O. The van der Waals surface area contributed by atoms with Gasteiger partial charge in [-0.25, -0.2) is 4.79 Å². The van der Waals surface area contributed by atoms with Crippen LogP contribution in [0.5, 0.6) is 0 Å². The van der Waals surface area contributed by atoms with Crippen LogP contribution in [0, 0.1) is 51.2 Å². The van der Waals surface area contributed by atoms with E-state index in [1.807, 2.05) is 6.92 Å². The summed E-state index contributed by atoms with van der Waals surface area (Å²) in [5, 5.41) is 34.7. The highest BCUT2D eigenvalue weighted by atomic mass is 16.5. The van der Waals surface area contributed by atoms with Gasteiger partial charge < -0.3 is 24.8 Å². The minimum Gasteiger partial charge on any atom is -0.465 e. The molecule has 0 aromatic heterocycles. The van der Waals surface area contributed by atoms with Crippen LogP contribution in [0.25, 0.3) is 0 Å². The topological polar surface area (TPSA) is 113 Å². The zero-order valence-corrected chi connectivity index (χ0v) is 28.5. The number of allylic oxidation sites excluding steroid dienone is 4. The lowest BCUT2D eigenvalue weighted by atomic mass is 9.40. The van der Waals surface area contributed by atoms with Crippen molar-refractivity contribution in [2.45, 2.75) is 124 Å². The second kappa shape index (κ2) is 12.6. The largest absolute Gasteiger partial charge is 0.465 e. The van der Waals surface area contributed by atoms with Crippen molar-refractivity contribution in [3.8, 4) is 0 Å². The summed E-state index contributed by atoms with van der Waals surface area (Å²) in [5.74, 6) is 0.717. The molecule has 4 saturated carbocycles. The lowest BCUT2D eigenvalue weighted by Crippen LogP contribution is -2.63. The van der Waals surface area contributed by atoms with Crippen LogP contribution in [0.4, 0.5) is 0 Å². The molecule has 4 fully saturated rings. The molecule has 0 amide bonds. The van der Waals surface area contributed by atoms with E-state index in [0.29, 0.717) is 43.1 Å². The van der Waals surface area contributed by atoms with Gasteiger partial charge >= 0.3 is 11.9 Å². The quantitative estimate of drug-likeness (QED) is 0.164. The van der Waals surface area contributed by atoms with Crippen molar-refractivity contribution in [2.24, 2.45) is 51.2 Å². The Balaban J connectivity index is 1.43. The van der Waals surface area contributed by atoms with Gasteiger partial charge in [0.15, 0.2) is 0 Å². The molecule has 0 heterocycles. The summed E-state index contributed by atoms with van der Waals surface area (Å²) in [6, 6.07) is 0. The van der Waals surface area contributed by atoms with Crippen molar-refractivity contribution in [1.29, 1.82) is 0 Å². The molecule has 5 rings (SSSR count). The maximum atomic E-state index is 12.6. The molecule has 0 aliphatic heterocycles. The highest BCUT2D eigenvalue weighted by Gasteiger charge is 2.65. The summed E-state index contributed by atoms with van der Waals surface area (Å²) < 4.78 is 11.7. The standard InChI is InChI=1S/C38H58O7/c1-8-10-11-33(42)44-22-38-20-32(41)35(4,5)19-28(38)25-12-14-27-24(26(25)18-31(38)40)13-15-29-36(27,6)17-16-30(39)37(29,7)21-45-34(43)23(3)9-2/h8-9,12,24,26-32,39-41H,1,10-11,13-22H2,2-7H3/b23-9+/t24?,26?,27?,28?,29?,30-,31+,32-,36+,37+,38+/m0/s1. The van der Waals surface area contributed by atoms with Gasteiger partial charge in [0.05, 0.1) is 24.9 Å². The van der Waals surface area contributed by atoms with E-state index in [1.54, 1.807) is 19.1 Å². The smallest absolute Gasteiger partial charge is 0.333 e. The van der Waals surface area contributed by atoms with E-state index in [-0.39, 0.29) is 60.2 Å². The molecule has 0 spiro atoms. The molecule has 0 radical (unpaired) electrons. The van der Waals surface area contributed by atoms with Gasteiger partial charge in [0.2, 0.25) is 0 Å². The van der Waals surface area contributed by atoms with Crippen LogP contribution in [0.3, 0.4) is 0 Å². The fraction of sp³-hybridized carbons (Fsp3) is 0.789. The number of hydrogen-bond donors (Lipinski definition) is 3. The number of carbonyl (C=O) groups is 2. The fourth-order valence-electron chi connectivity index (χ4n) is 10.7. The van der Waals surface area contributed by atoms with Gasteiger partial charge in [-0.2, -0.15) is 0 Å². The van der Waals surface area contributed by atoms with E-state index in [2.05, 4.69) is 40.3 Å². The van der Waals surface area contributed by atoms with Crippen LogP contribution in [0.15, 0.2) is 36.0 Å². The molecule has 7 heteroatoms. The molecule has 7 nitrogen and oxygen atoms in total. The number of esters is 2. The number of ether oxygens (including phenoxy) is 2. The Kier molecular flexibility index (Phi) is 9.61. The van der Waals surface area contributed by atoms with E-state index in [9.17, 15) is 24.9 Å². The summed E-state index contributed by atoms with van der Waals surface area (Å²) in [6.45, 7) is 16.4. The van der Waals surface area contributed by atoms with Crippen molar-refractivity contribution in [1.82, 2.24) is 0 Å². The van der Waals surface area contributed by atoms with Crippen molar-refractivity contribution in [3.63, 3.8) is 0 Å². The van der Waals surface area contributed by atoms with Gasteiger partial charge in [-0.05, 0) is 112 Å². The first-order valence-electron chi connectivity index (χ1n) is 17.4. The number of rotatable bonds is 8. The number of hydrogen-bond acceptors (Lipinski definition) is 7. The average molecular weight is 627 g/mol. The molecule has 0 aromatic rings. The minimum atomic E-state index is -0.697. The van der Waals surface area contributed by atoms with Crippen molar-refractivity contribution in [2.75, 3.05) is 13.2 Å². The molecular weight excluding hydrogens is 568 g/mol. The summed E-state index contributed by atoms with van der Waals surface area (Å²) in [5.41, 5.74) is 0.429. The number of aliphatic hydroxyl groups is 3. The zero-order chi connectivity index (χ0) is 32.9. The maximum absolute atomic E-state index is 12.6. The number of aliphatic hydroxyl groups excluding tert-OH is 3. The molecule has 252 valence electrons. The van der Waals surface area contributed by atoms with Crippen molar-refractivity contribution < 1.29 is 34.4 Å². The molecule has 5 aliphatic carbocycles. The summed E-state index contributed by atoms with van der Waals surface area (Å²) in [4.78, 5) is 25.2. The van der Waals surface area contributed by atoms with Gasteiger partial charge in [-0.1, -0.05) is 51.5 Å². The van der Waals surface area contributed by atoms with Crippen LogP contribution in [0.1, 0.15) is 106 Å². The van der Waals surface area contributed by atoms with Crippen LogP contribution in [0.2, 0.25) is 0 Å². The number of carbonyl (C=O) groups excluding carboxylic acids is 2. The molecule has 5 unspecified atom stereocenters. The third-order valence-corrected chi connectivity index (χ3v) is 13.8. The Hall–Kier alpha value is -1.96. The molecule has 0 saturated heterocycles. The lowest BCUT2D eigenvalue weighted by Gasteiger charge is -2.65. The highest BCUT2D eigenvalue weighted by molar-refractivity contribution is 5.87. The zero-order valence-electron chi connectivity index (χ0n) is 28.5. The van der Waals surface area contributed by atoms with E-state index >= 15 is 0 Å². The van der Waals surface area contributed by atoms with Crippen LogP contribution < -0.4 is 0 Å². The lowest BCUT2D eigenvalue weighted by molar-refractivity contribution is -0.200. The predicted molar refractivity (Wildman–Crippen MR) is 174 cm³/mol. The molecule has 0 bridgehead atoms. The summed E-state index contributed by atoms with van der Waals surface area (Å²) in [6.07, 6.45) is 11.2. The first-order chi connectivity index (χ1) is 21.1. The summed E-state index contributed by atoms with van der Waals surface area (Å²) >= 11 is 0. The van der Waals surface area contributed by atoms with E-state index in [1.165, 1.54) is 5.57 Å². The molecule has 3 N–H and O–H groups in total. The Labute approximate surface area is 270 Å². The average Bonchev–Trinajstić information content (AvgIpc) is 3.00. The Morgan fingerprint density at radius 1 is 1.00 bits per heavy atom. The van der Waals surface area contributed by atoms with Gasteiger partial charge in [0, 0.05) is 22.8 Å². The van der Waals surface area contributed by atoms with Gasteiger partial charge in [0.25, 0.3) is 0 Å². The van der Waals surface area contributed by atoms with E-state index in [4.69, 9.17) is 9.47 Å². The second-order valence-electron chi connectivity index (χ2n) is 16.5. The van der Waals surface area contributed by atoms with Gasteiger partial charge in [0.1, 0.15) is 6.61 Å². The first kappa shape index (κ1) is 34.4. The fourth-order valence-corrected chi connectivity index (χ4v) is 10.7. The predicted octanol–water partition coefficient (Wildman–Crippen LogP) is 6.31. The normalized spacial score (nSPS) is 43.8. The van der Waals surface area contributed by atoms with Gasteiger partial charge in [-0.3, -0.25) is 4.79 Å². The molecular formula is C38H58O7. The van der Waals surface area contributed by atoms with Crippen LogP contribution in [-0.4, -0.2) is 58.8 Å². The number of fused-ring (bicyclic) bond motifs is 7. The van der Waals surface area contributed by atoms with E-state index in [0.717, 1.165) is 32.1 Å². The van der Waals surface area contributed by atoms with Crippen LogP contribution >= 0.6 is 0 Å². The first-order valence-corrected chi connectivity index (χ1v) is 17.4.